The third kappa shape index (κ3) is 3.18. The molecule has 1 aromatic rings. The van der Waals surface area contributed by atoms with Crippen LogP contribution in [0.25, 0.3) is 0 Å². The zero-order valence-electron chi connectivity index (χ0n) is 13.4. The maximum Gasteiger partial charge on any atom is 0.162 e. The molecule has 0 aromatic carbocycles. The Morgan fingerprint density at radius 2 is 2.00 bits per heavy atom. The summed E-state index contributed by atoms with van der Waals surface area (Å²) >= 11 is 5.34. The normalized spacial score (nSPS) is 18.8. The van der Waals surface area contributed by atoms with Gasteiger partial charge in [-0.15, -0.1) is 5.10 Å². The summed E-state index contributed by atoms with van der Waals surface area (Å²) in [6, 6.07) is 0.526. The molecule has 116 valence electrons. The van der Waals surface area contributed by atoms with Crippen LogP contribution in [-0.4, -0.2) is 27.8 Å². The summed E-state index contributed by atoms with van der Waals surface area (Å²) in [5, 5.41) is 8.96. The van der Waals surface area contributed by atoms with E-state index in [0.29, 0.717) is 11.0 Å². The van der Waals surface area contributed by atoms with Gasteiger partial charge in [0.15, 0.2) is 5.82 Å². The number of hydrogen-bond acceptors (Lipinski definition) is 4. The second-order valence-corrected chi connectivity index (χ2v) is 6.09. The maximum absolute atomic E-state index is 6.05. The molecule has 0 amide bonds. The van der Waals surface area contributed by atoms with E-state index in [1.165, 1.54) is 24.8 Å². The van der Waals surface area contributed by atoms with Gasteiger partial charge in [0, 0.05) is 12.6 Å². The maximum atomic E-state index is 6.05. The average Bonchev–Trinajstić information content (AvgIpc) is 2.52. The number of aryl methyl sites for hydroxylation is 1. The van der Waals surface area contributed by atoms with E-state index in [-0.39, 0.29) is 0 Å². The number of hydrogen-bond donors (Lipinski definition) is 1. The van der Waals surface area contributed by atoms with Crippen molar-refractivity contribution < 1.29 is 0 Å². The van der Waals surface area contributed by atoms with Crippen molar-refractivity contribution >= 4 is 23.0 Å². The van der Waals surface area contributed by atoms with Gasteiger partial charge in [-0.3, -0.25) is 0 Å². The molecule has 0 aliphatic carbocycles. The molecule has 1 unspecified atom stereocenters. The third-order valence-corrected chi connectivity index (χ3v) is 4.65. The molecular formula is C16H26N4S. The van der Waals surface area contributed by atoms with Gasteiger partial charge in [-0.25, -0.2) is 0 Å². The topological polar surface area (TPSA) is 55.0 Å². The van der Waals surface area contributed by atoms with Crippen molar-refractivity contribution in [2.45, 2.75) is 65.3 Å². The van der Waals surface area contributed by atoms with Crippen molar-refractivity contribution in [2.75, 3.05) is 11.4 Å². The highest BCUT2D eigenvalue weighted by molar-refractivity contribution is 7.80. The highest BCUT2D eigenvalue weighted by atomic mass is 32.1. The predicted molar refractivity (Wildman–Crippen MR) is 92.0 cm³/mol. The molecule has 0 bridgehead atoms. The molecule has 1 aliphatic rings. The molecule has 2 N–H and O–H groups in total. The van der Waals surface area contributed by atoms with Gasteiger partial charge < -0.3 is 10.6 Å². The van der Waals surface area contributed by atoms with Crippen LogP contribution in [0.1, 0.15) is 63.3 Å². The van der Waals surface area contributed by atoms with Gasteiger partial charge in [-0.1, -0.05) is 33.0 Å². The van der Waals surface area contributed by atoms with Crippen LogP contribution in [0.2, 0.25) is 0 Å². The zero-order valence-corrected chi connectivity index (χ0v) is 14.2. The number of anilines is 1. The Kier molecular flexibility index (Phi) is 5.51. The Morgan fingerprint density at radius 1 is 1.24 bits per heavy atom. The summed E-state index contributed by atoms with van der Waals surface area (Å²) in [5.74, 6) is 0.906. The Hall–Kier alpha value is -1.23. The van der Waals surface area contributed by atoms with Crippen LogP contribution in [0.15, 0.2) is 0 Å². The minimum atomic E-state index is 0.451. The monoisotopic (exact) mass is 306 g/mol. The van der Waals surface area contributed by atoms with E-state index in [1.807, 2.05) is 0 Å². The first-order chi connectivity index (χ1) is 10.1. The third-order valence-electron chi connectivity index (χ3n) is 4.44. The highest BCUT2D eigenvalue weighted by Gasteiger charge is 2.27. The van der Waals surface area contributed by atoms with Crippen molar-refractivity contribution in [1.82, 2.24) is 10.2 Å². The van der Waals surface area contributed by atoms with Crippen molar-refractivity contribution in [2.24, 2.45) is 5.73 Å². The summed E-state index contributed by atoms with van der Waals surface area (Å²) in [6.07, 6.45) is 6.58. The molecule has 1 fully saturated rings. The minimum absolute atomic E-state index is 0.451. The molecule has 2 heterocycles. The van der Waals surface area contributed by atoms with E-state index in [2.05, 4.69) is 35.9 Å². The van der Waals surface area contributed by atoms with E-state index >= 15 is 0 Å². The Bertz CT molecular complexity index is 515. The fraction of sp³-hybridized carbons (Fsp3) is 0.688. The highest BCUT2D eigenvalue weighted by Crippen LogP contribution is 2.30. The Balaban J connectivity index is 2.54. The van der Waals surface area contributed by atoms with Crippen molar-refractivity contribution in [3.05, 3.63) is 16.8 Å². The standard InChI is InChI=1S/C16H26N4S/c1-4-11-9-7-8-10-20(11)16-14(15(17)21)12(5-2)13(6-3)18-19-16/h11H,4-10H2,1-3H3,(H2,17,21). The van der Waals surface area contributed by atoms with Crippen molar-refractivity contribution in [1.29, 1.82) is 0 Å². The molecule has 0 spiro atoms. The van der Waals surface area contributed by atoms with Gasteiger partial charge >= 0.3 is 0 Å². The van der Waals surface area contributed by atoms with Gasteiger partial charge in [0.25, 0.3) is 0 Å². The quantitative estimate of drug-likeness (QED) is 0.848. The van der Waals surface area contributed by atoms with Crippen molar-refractivity contribution in [3.63, 3.8) is 0 Å². The molecule has 21 heavy (non-hydrogen) atoms. The molecular weight excluding hydrogens is 280 g/mol. The van der Waals surface area contributed by atoms with Crippen LogP contribution in [0.3, 0.4) is 0 Å². The molecule has 0 saturated carbocycles. The smallest absolute Gasteiger partial charge is 0.162 e. The number of nitrogens with zero attached hydrogens (tertiary/aromatic N) is 3. The predicted octanol–water partition coefficient (Wildman–Crippen LogP) is 3.00. The lowest BCUT2D eigenvalue weighted by Gasteiger charge is -2.37. The van der Waals surface area contributed by atoms with E-state index in [1.54, 1.807) is 0 Å². The largest absolute Gasteiger partial charge is 0.389 e. The second-order valence-electron chi connectivity index (χ2n) is 5.65. The van der Waals surface area contributed by atoms with Crippen LogP contribution < -0.4 is 10.6 Å². The van der Waals surface area contributed by atoms with E-state index in [0.717, 1.165) is 42.9 Å². The fourth-order valence-corrected chi connectivity index (χ4v) is 3.54. The van der Waals surface area contributed by atoms with Gasteiger partial charge in [0.2, 0.25) is 0 Å². The molecule has 2 rings (SSSR count). The summed E-state index contributed by atoms with van der Waals surface area (Å²) < 4.78 is 0. The summed E-state index contributed by atoms with van der Waals surface area (Å²) in [5.41, 5.74) is 9.20. The lowest BCUT2D eigenvalue weighted by Crippen LogP contribution is -2.41. The Labute approximate surface area is 133 Å². The molecule has 1 saturated heterocycles. The van der Waals surface area contributed by atoms with Gasteiger partial charge in [0.1, 0.15) is 4.99 Å². The average molecular weight is 306 g/mol. The van der Waals surface area contributed by atoms with Crippen LogP contribution >= 0.6 is 12.2 Å². The summed E-state index contributed by atoms with van der Waals surface area (Å²) in [6.45, 7) is 7.49. The number of piperidine rings is 1. The summed E-state index contributed by atoms with van der Waals surface area (Å²) in [4.78, 5) is 2.83. The molecule has 5 heteroatoms. The lowest BCUT2D eigenvalue weighted by atomic mass is 9.97. The Morgan fingerprint density at radius 3 is 2.57 bits per heavy atom. The van der Waals surface area contributed by atoms with Crippen LogP contribution in [0, 0.1) is 0 Å². The number of aromatic nitrogens is 2. The van der Waals surface area contributed by atoms with Crippen molar-refractivity contribution in [3.8, 4) is 0 Å². The lowest BCUT2D eigenvalue weighted by molar-refractivity contribution is 0.445. The molecule has 1 aromatic heterocycles. The van der Waals surface area contributed by atoms with Crippen LogP contribution in [0.4, 0.5) is 5.82 Å². The zero-order chi connectivity index (χ0) is 15.4. The summed E-state index contributed by atoms with van der Waals surface area (Å²) in [7, 11) is 0. The SMILES string of the molecule is CCc1nnc(N2CCCCC2CC)c(C(N)=S)c1CC. The fourth-order valence-electron chi connectivity index (χ4n) is 3.33. The number of thiocarbonyl (C=S) groups is 1. The number of nitrogens with two attached hydrogens (primary N) is 1. The van der Waals surface area contributed by atoms with Gasteiger partial charge in [0.05, 0.1) is 11.3 Å². The first-order valence-electron chi connectivity index (χ1n) is 8.08. The second kappa shape index (κ2) is 7.16. The first-order valence-corrected chi connectivity index (χ1v) is 8.49. The molecule has 0 radical (unpaired) electrons. The van der Waals surface area contributed by atoms with Crippen LogP contribution in [0.5, 0.6) is 0 Å². The molecule has 4 nitrogen and oxygen atoms in total. The number of rotatable bonds is 5. The first kappa shape index (κ1) is 16.1. The van der Waals surface area contributed by atoms with Gasteiger partial charge in [-0.05, 0) is 44.1 Å². The molecule has 1 aliphatic heterocycles. The minimum Gasteiger partial charge on any atom is -0.389 e. The van der Waals surface area contributed by atoms with E-state index in [4.69, 9.17) is 18.0 Å². The van der Waals surface area contributed by atoms with E-state index in [9.17, 15) is 0 Å². The van der Waals surface area contributed by atoms with Crippen LogP contribution in [-0.2, 0) is 12.8 Å². The molecule has 1 atom stereocenters. The van der Waals surface area contributed by atoms with Gasteiger partial charge in [-0.2, -0.15) is 5.10 Å². The van der Waals surface area contributed by atoms with E-state index < -0.39 is 0 Å².